The minimum atomic E-state index is -0.323. The molecule has 3 nitrogen and oxygen atoms in total. The van der Waals surface area contributed by atoms with E-state index in [-0.39, 0.29) is 36.2 Å². The summed E-state index contributed by atoms with van der Waals surface area (Å²) < 4.78 is 13.5. The summed E-state index contributed by atoms with van der Waals surface area (Å²) in [6, 6.07) is 5.09. The first kappa shape index (κ1) is 15.9. The van der Waals surface area contributed by atoms with Gasteiger partial charge in [0.25, 0.3) is 5.91 Å². The van der Waals surface area contributed by atoms with Crippen molar-refractivity contribution < 1.29 is 9.18 Å². The van der Waals surface area contributed by atoms with E-state index in [0.717, 1.165) is 6.54 Å². The third-order valence-corrected chi connectivity index (χ3v) is 3.44. The molecule has 2 atom stereocenters. The van der Waals surface area contributed by atoms with E-state index in [1.807, 2.05) is 18.7 Å². The molecule has 1 aliphatic rings. The molecule has 106 valence electrons. The molecule has 1 saturated heterocycles. The van der Waals surface area contributed by atoms with Crippen LogP contribution in [-0.4, -0.2) is 36.0 Å². The standard InChI is InChI=1S/C14H19FN2O.ClH/c1-9-4-5-12(6-13(9)15)14(18)17-8-10(2)16-7-11(17)3;/h4-6,10-11,16H,7-8H2,1-3H3;1H. The maximum atomic E-state index is 13.5. The van der Waals surface area contributed by atoms with Crippen LogP contribution >= 0.6 is 12.4 Å². The van der Waals surface area contributed by atoms with Gasteiger partial charge < -0.3 is 10.2 Å². The third kappa shape index (κ3) is 3.45. The van der Waals surface area contributed by atoms with Crippen molar-refractivity contribution in [2.75, 3.05) is 13.1 Å². The lowest BCUT2D eigenvalue weighted by Gasteiger charge is -2.37. The predicted octanol–water partition coefficient (Wildman–Crippen LogP) is 2.38. The van der Waals surface area contributed by atoms with Gasteiger partial charge in [-0.05, 0) is 38.5 Å². The molecule has 0 aliphatic carbocycles. The Kier molecular flexibility index (Phi) is 5.32. The van der Waals surface area contributed by atoms with E-state index in [1.165, 1.54) is 6.07 Å². The van der Waals surface area contributed by atoms with Crippen molar-refractivity contribution in [2.24, 2.45) is 0 Å². The number of nitrogens with one attached hydrogen (secondary N) is 1. The van der Waals surface area contributed by atoms with Crippen LogP contribution in [0.4, 0.5) is 4.39 Å². The summed E-state index contributed by atoms with van der Waals surface area (Å²) in [7, 11) is 0. The molecule has 2 unspecified atom stereocenters. The zero-order chi connectivity index (χ0) is 13.3. The summed E-state index contributed by atoms with van der Waals surface area (Å²) in [5.41, 5.74) is 0.993. The average Bonchev–Trinajstić information content (AvgIpc) is 2.35. The van der Waals surface area contributed by atoms with Crippen LogP contribution in [0.5, 0.6) is 0 Å². The Morgan fingerprint density at radius 1 is 1.42 bits per heavy atom. The maximum Gasteiger partial charge on any atom is 0.254 e. The number of aryl methyl sites for hydroxylation is 1. The highest BCUT2D eigenvalue weighted by atomic mass is 35.5. The Morgan fingerprint density at radius 2 is 2.11 bits per heavy atom. The highest BCUT2D eigenvalue weighted by Gasteiger charge is 2.27. The van der Waals surface area contributed by atoms with Crippen molar-refractivity contribution in [3.63, 3.8) is 0 Å². The normalized spacial score (nSPS) is 22.8. The molecule has 0 bridgehead atoms. The Bertz CT molecular complexity index is 467. The number of benzene rings is 1. The van der Waals surface area contributed by atoms with Crippen LogP contribution in [0.3, 0.4) is 0 Å². The van der Waals surface area contributed by atoms with E-state index in [0.29, 0.717) is 17.7 Å². The number of amides is 1. The second-order valence-electron chi connectivity index (χ2n) is 5.08. The number of carbonyl (C=O) groups is 1. The first-order valence-corrected chi connectivity index (χ1v) is 6.29. The Morgan fingerprint density at radius 3 is 2.74 bits per heavy atom. The summed E-state index contributed by atoms with van der Waals surface area (Å²) in [4.78, 5) is 14.2. The van der Waals surface area contributed by atoms with Crippen LogP contribution in [0.2, 0.25) is 0 Å². The molecule has 0 aromatic heterocycles. The zero-order valence-corrected chi connectivity index (χ0v) is 12.3. The van der Waals surface area contributed by atoms with Gasteiger partial charge in [-0.1, -0.05) is 6.07 Å². The number of hydrogen-bond donors (Lipinski definition) is 1. The molecular weight excluding hydrogens is 267 g/mol. The molecule has 1 heterocycles. The largest absolute Gasteiger partial charge is 0.333 e. The van der Waals surface area contributed by atoms with E-state index >= 15 is 0 Å². The highest BCUT2D eigenvalue weighted by molar-refractivity contribution is 5.94. The summed E-state index contributed by atoms with van der Waals surface area (Å²) in [6.07, 6.45) is 0. The third-order valence-electron chi connectivity index (χ3n) is 3.44. The smallest absolute Gasteiger partial charge is 0.254 e. The van der Waals surface area contributed by atoms with Gasteiger partial charge in [0.15, 0.2) is 0 Å². The number of piperazine rings is 1. The summed E-state index contributed by atoms with van der Waals surface area (Å²) in [5.74, 6) is -0.411. The number of rotatable bonds is 1. The first-order chi connectivity index (χ1) is 8.49. The van der Waals surface area contributed by atoms with Gasteiger partial charge in [-0.15, -0.1) is 12.4 Å². The lowest BCUT2D eigenvalue weighted by molar-refractivity contribution is 0.0616. The van der Waals surface area contributed by atoms with Gasteiger partial charge in [-0.2, -0.15) is 0 Å². The fraction of sp³-hybridized carbons (Fsp3) is 0.500. The quantitative estimate of drug-likeness (QED) is 0.860. The monoisotopic (exact) mass is 286 g/mol. The van der Waals surface area contributed by atoms with Crippen LogP contribution in [0.15, 0.2) is 18.2 Å². The number of hydrogen-bond acceptors (Lipinski definition) is 2. The second-order valence-corrected chi connectivity index (χ2v) is 5.08. The molecule has 5 heteroatoms. The molecule has 1 aromatic carbocycles. The van der Waals surface area contributed by atoms with Crippen LogP contribution in [0, 0.1) is 12.7 Å². The van der Waals surface area contributed by atoms with Crippen molar-refractivity contribution in [3.05, 3.63) is 35.1 Å². The van der Waals surface area contributed by atoms with Crippen molar-refractivity contribution in [2.45, 2.75) is 32.9 Å². The van der Waals surface area contributed by atoms with E-state index in [4.69, 9.17) is 0 Å². The van der Waals surface area contributed by atoms with E-state index in [1.54, 1.807) is 19.1 Å². The fourth-order valence-corrected chi connectivity index (χ4v) is 2.20. The number of nitrogens with zero attached hydrogens (tertiary/aromatic N) is 1. The van der Waals surface area contributed by atoms with Crippen LogP contribution in [-0.2, 0) is 0 Å². The fourth-order valence-electron chi connectivity index (χ4n) is 2.20. The lowest BCUT2D eigenvalue weighted by Crippen LogP contribution is -2.56. The molecular formula is C14H20ClFN2O. The second kappa shape index (κ2) is 6.35. The van der Waals surface area contributed by atoms with Gasteiger partial charge in [0.1, 0.15) is 5.82 Å². The topological polar surface area (TPSA) is 32.3 Å². The van der Waals surface area contributed by atoms with Gasteiger partial charge in [-0.3, -0.25) is 4.79 Å². The van der Waals surface area contributed by atoms with Crippen molar-refractivity contribution in [1.82, 2.24) is 10.2 Å². The van der Waals surface area contributed by atoms with Gasteiger partial charge >= 0.3 is 0 Å². The van der Waals surface area contributed by atoms with Crippen molar-refractivity contribution >= 4 is 18.3 Å². The SMILES string of the molecule is Cc1ccc(C(=O)N2CC(C)NCC2C)cc1F.Cl. The minimum Gasteiger partial charge on any atom is -0.333 e. The lowest BCUT2D eigenvalue weighted by atomic mass is 10.1. The summed E-state index contributed by atoms with van der Waals surface area (Å²) >= 11 is 0. The minimum absolute atomic E-state index is 0. The van der Waals surface area contributed by atoms with Gasteiger partial charge in [-0.25, -0.2) is 4.39 Å². The Labute approximate surface area is 119 Å². The van der Waals surface area contributed by atoms with Crippen molar-refractivity contribution in [3.8, 4) is 0 Å². The zero-order valence-electron chi connectivity index (χ0n) is 11.4. The van der Waals surface area contributed by atoms with E-state index in [2.05, 4.69) is 5.32 Å². The number of carbonyl (C=O) groups excluding carboxylic acids is 1. The highest BCUT2D eigenvalue weighted by Crippen LogP contribution is 2.15. The molecule has 1 aliphatic heterocycles. The van der Waals surface area contributed by atoms with Gasteiger partial charge in [0.05, 0.1) is 0 Å². The van der Waals surface area contributed by atoms with E-state index in [9.17, 15) is 9.18 Å². The predicted molar refractivity (Wildman–Crippen MR) is 76.3 cm³/mol. The van der Waals surface area contributed by atoms with Crippen molar-refractivity contribution in [1.29, 1.82) is 0 Å². The molecule has 1 aromatic rings. The Balaban J connectivity index is 0.00000180. The molecule has 0 saturated carbocycles. The number of halogens is 2. The molecule has 1 N–H and O–H groups in total. The average molecular weight is 287 g/mol. The molecule has 2 rings (SSSR count). The van der Waals surface area contributed by atoms with Crippen LogP contribution in [0.1, 0.15) is 29.8 Å². The molecule has 19 heavy (non-hydrogen) atoms. The summed E-state index contributed by atoms with van der Waals surface area (Å²) in [6.45, 7) is 7.18. The van der Waals surface area contributed by atoms with E-state index < -0.39 is 0 Å². The van der Waals surface area contributed by atoms with Gasteiger partial charge in [0, 0.05) is 30.7 Å². The molecule has 0 spiro atoms. The molecule has 0 radical (unpaired) electrons. The van der Waals surface area contributed by atoms with Crippen LogP contribution < -0.4 is 5.32 Å². The van der Waals surface area contributed by atoms with Crippen LogP contribution in [0.25, 0.3) is 0 Å². The first-order valence-electron chi connectivity index (χ1n) is 6.29. The maximum absolute atomic E-state index is 13.5. The Hall–Kier alpha value is -1.13. The van der Waals surface area contributed by atoms with Gasteiger partial charge in [0.2, 0.25) is 0 Å². The molecule has 1 amide bonds. The summed E-state index contributed by atoms with van der Waals surface area (Å²) in [5, 5.41) is 3.32. The molecule has 1 fully saturated rings.